The third-order valence-corrected chi connectivity index (χ3v) is 4.91. The first kappa shape index (κ1) is 17.5. The van der Waals surface area contributed by atoms with Gasteiger partial charge >= 0.3 is 0 Å². The molecule has 27 heavy (non-hydrogen) atoms. The topological polar surface area (TPSA) is 61.0 Å². The van der Waals surface area contributed by atoms with Gasteiger partial charge in [0.25, 0.3) is 5.91 Å². The van der Waals surface area contributed by atoms with Crippen LogP contribution in [-0.2, 0) is 0 Å². The van der Waals surface area contributed by atoms with Crippen molar-refractivity contribution in [3.8, 4) is 11.3 Å². The highest BCUT2D eigenvalue weighted by atomic mass is 35.5. The summed E-state index contributed by atoms with van der Waals surface area (Å²) in [6, 6.07) is 15.2. The highest BCUT2D eigenvalue weighted by Gasteiger charge is 2.26. The summed E-state index contributed by atoms with van der Waals surface area (Å²) in [4.78, 5) is 14.4. The Morgan fingerprint density at radius 2 is 2.04 bits per heavy atom. The number of aromatic nitrogens is 2. The highest BCUT2D eigenvalue weighted by Crippen LogP contribution is 2.25. The number of aromatic amines is 1. The van der Waals surface area contributed by atoms with E-state index in [1.807, 2.05) is 30.3 Å². The summed E-state index contributed by atoms with van der Waals surface area (Å²) in [5.74, 6) is 0.162. The van der Waals surface area contributed by atoms with Gasteiger partial charge in [-0.3, -0.25) is 9.89 Å². The molecule has 2 aromatic carbocycles. The average molecular weight is 385 g/mol. The molecular weight excluding hydrogens is 367 g/mol. The Hall–Kier alpha value is -2.86. The van der Waals surface area contributed by atoms with Crippen LogP contribution in [0.1, 0.15) is 16.8 Å². The number of H-pyrrole nitrogens is 1. The van der Waals surface area contributed by atoms with E-state index < -0.39 is 5.82 Å². The van der Waals surface area contributed by atoms with Crippen molar-refractivity contribution < 1.29 is 9.18 Å². The molecular formula is C20H18ClFN4O. The molecule has 138 valence electrons. The molecule has 4 rings (SSSR count). The second kappa shape index (κ2) is 7.40. The fraction of sp³-hybridized carbons (Fsp3) is 0.200. The zero-order valence-electron chi connectivity index (χ0n) is 14.5. The number of carbonyl (C=O) groups excluding carboxylic acids is 1. The standard InChI is InChI=1S/C20H18ClFN4O/c21-15-6-4-13(5-7-15)18-11-19(25-24-18)26-9-8-17(12-26)23-20(27)14-2-1-3-16(22)10-14/h1-7,10-11,17H,8-9,12H2,(H,23,27)(H,24,25)/t17-/m0/s1. The Bertz CT molecular complexity index is 957. The van der Waals surface area contributed by atoms with Gasteiger partial charge in [0.15, 0.2) is 5.82 Å². The smallest absolute Gasteiger partial charge is 0.251 e. The number of carbonyl (C=O) groups is 1. The minimum atomic E-state index is -0.415. The Morgan fingerprint density at radius 3 is 2.81 bits per heavy atom. The van der Waals surface area contributed by atoms with Crippen LogP contribution in [-0.4, -0.2) is 35.2 Å². The van der Waals surface area contributed by atoms with Crippen molar-refractivity contribution >= 4 is 23.3 Å². The van der Waals surface area contributed by atoms with Crippen LogP contribution >= 0.6 is 11.6 Å². The molecule has 0 aliphatic carbocycles. The SMILES string of the molecule is O=C(N[C@H]1CCN(c2cc(-c3ccc(Cl)cc3)[nH]n2)C1)c1cccc(F)c1. The van der Waals surface area contributed by atoms with Crippen molar-refractivity contribution in [3.63, 3.8) is 0 Å². The molecule has 1 atom stereocenters. The Kier molecular flexibility index (Phi) is 4.81. The monoisotopic (exact) mass is 384 g/mol. The molecule has 7 heteroatoms. The van der Waals surface area contributed by atoms with Crippen molar-refractivity contribution in [2.45, 2.75) is 12.5 Å². The number of amides is 1. The zero-order chi connectivity index (χ0) is 18.8. The third kappa shape index (κ3) is 3.95. The molecule has 2 heterocycles. The third-order valence-electron chi connectivity index (χ3n) is 4.65. The number of nitrogens with zero attached hydrogens (tertiary/aromatic N) is 2. The van der Waals surface area contributed by atoms with Crippen molar-refractivity contribution in [3.05, 3.63) is 71.0 Å². The maximum absolute atomic E-state index is 13.3. The van der Waals surface area contributed by atoms with Gasteiger partial charge in [-0.25, -0.2) is 4.39 Å². The number of rotatable bonds is 4. The largest absolute Gasteiger partial charge is 0.353 e. The van der Waals surface area contributed by atoms with E-state index in [9.17, 15) is 9.18 Å². The first-order chi connectivity index (χ1) is 13.1. The van der Waals surface area contributed by atoms with E-state index >= 15 is 0 Å². The summed E-state index contributed by atoms with van der Waals surface area (Å²) >= 11 is 5.93. The summed E-state index contributed by atoms with van der Waals surface area (Å²) in [5, 5.41) is 11.1. The van der Waals surface area contributed by atoms with E-state index in [4.69, 9.17) is 11.6 Å². The van der Waals surface area contributed by atoms with Gasteiger partial charge in [0, 0.05) is 35.8 Å². The lowest BCUT2D eigenvalue weighted by molar-refractivity contribution is 0.0940. The Labute approximate surface area is 161 Å². The molecule has 1 aromatic heterocycles. The van der Waals surface area contributed by atoms with Gasteiger partial charge in [-0.1, -0.05) is 29.8 Å². The molecule has 0 radical (unpaired) electrons. The summed E-state index contributed by atoms with van der Waals surface area (Å²) in [7, 11) is 0. The van der Waals surface area contributed by atoms with Crippen molar-refractivity contribution in [2.75, 3.05) is 18.0 Å². The maximum Gasteiger partial charge on any atom is 0.251 e. The minimum Gasteiger partial charge on any atom is -0.353 e. The van der Waals surface area contributed by atoms with Crippen LogP contribution in [0.3, 0.4) is 0 Å². The Balaban J connectivity index is 1.40. The molecule has 1 aliphatic rings. The predicted octanol–water partition coefficient (Wildman–Crippen LogP) is 3.88. The van der Waals surface area contributed by atoms with Gasteiger partial charge in [-0.2, -0.15) is 5.10 Å². The first-order valence-electron chi connectivity index (χ1n) is 8.71. The van der Waals surface area contributed by atoms with Gasteiger partial charge in [0.1, 0.15) is 5.82 Å². The lowest BCUT2D eigenvalue weighted by Crippen LogP contribution is -2.37. The van der Waals surface area contributed by atoms with Gasteiger partial charge in [-0.05, 0) is 42.3 Å². The molecule has 2 N–H and O–H groups in total. The van der Waals surface area contributed by atoms with Crippen LogP contribution < -0.4 is 10.2 Å². The summed E-state index contributed by atoms with van der Waals surface area (Å²) < 4.78 is 13.3. The lowest BCUT2D eigenvalue weighted by Gasteiger charge is -2.16. The van der Waals surface area contributed by atoms with Crippen LogP contribution in [0, 0.1) is 5.82 Å². The number of anilines is 1. The number of nitrogens with one attached hydrogen (secondary N) is 2. The number of benzene rings is 2. The van der Waals surface area contributed by atoms with Crippen LogP contribution in [0.5, 0.6) is 0 Å². The Morgan fingerprint density at radius 1 is 1.22 bits per heavy atom. The van der Waals surface area contributed by atoms with Crippen LogP contribution in [0.2, 0.25) is 5.02 Å². The number of halogens is 2. The molecule has 5 nitrogen and oxygen atoms in total. The summed E-state index contributed by atoms with van der Waals surface area (Å²) in [6.45, 7) is 1.45. The molecule has 1 aliphatic heterocycles. The predicted molar refractivity (Wildman–Crippen MR) is 104 cm³/mol. The molecule has 1 amide bonds. The van der Waals surface area contributed by atoms with Gasteiger partial charge in [-0.15, -0.1) is 0 Å². The lowest BCUT2D eigenvalue weighted by atomic mass is 10.1. The fourth-order valence-electron chi connectivity index (χ4n) is 3.24. The number of hydrogen-bond donors (Lipinski definition) is 2. The summed E-state index contributed by atoms with van der Waals surface area (Å²) in [6.07, 6.45) is 0.810. The van der Waals surface area contributed by atoms with Gasteiger partial charge < -0.3 is 10.2 Å². The molecule has 1 saturated heterocycles. The average Bonchev–Trinajstić information content (AvgIpc) is 3.32. The second-order valence-corrected chi connectivity index (χ2v) is 7.00. The zero-order valence-corrected chi connectivity index (χ0v) is 15.2. The second-order valence-electron chi connectivity index (χ2n) is 6.56. The molecule has 0 saturated carbocycles. The minimum absolute atomic E-state index is 0.00329. The van der Waals surface area contributed by atoms with Crippen molar-refractivity contribution in [2.24, 2.45) is 0 Å². The van der Waals surface area contributed by atoms with E-state index in [0.29, 0.717) is 17.1 Å². The molecule has 0 bridgehead atoms. The van der Waals surface area contributed by atoms with Gasteiger partial charge in [0.05, 0.1) is 5.69 Å². The fourth-order valence-corrected chi connectivity index (χ4v) is 3.36. The van der Waals surface area contributed by atoms with Crippen molar-refractivity contribution in [1.82, 2.24) is 15.5 Å². The molecule has 0 spiro atoms. The first-order valence-corrected chi connectivity index (χ1v) is 9.09. The van der Waals surface area contributed by atoms with Gasteiger partial charge in [0.2, 0.25) is 0 Å². The van der Waals surface area contributed by atoms with E-state index in [-0.39, 0.29) is 11.9 Å². The quantitative estimate of drug-likeness (QED) is 0.717. The number of hydrogen-bond acceptors (Lipinski definition) is 3. The normalized spacial score (nSPS) is 16.5. The van der Waals surface area contributed by atoms with Crippen LogP contribution in [0.25, 0.3) is 11.3 Å². The van der Waals surface area contributed by atoms with Crippen molar-refractivity contribution in [1.29, 1.82) is 0 Å². The molecule has 0 unspecified atom stereocenters. The summed E-state index contributed by atoms with van der Waals surface area (Å²) in [5.41, 5.74) is 2.25. The van der Waals surface area contributed by atoms with Crippen LogP contribution in [0.15, 0.2) is 54.6 Å². The van der Waals surface area contributed by atoms with E-state index in [2.05, 4.69) is 20.4 Å². The van der Waals surface area contributed by atoms with E-state index in [1.54, 1.807) is 6.07 Å². The maximum atomic E-state index is 13.3. The molecule has 1 fully saturated rings. The highest BCUT2D eigenvalue weighted by molar-refractivity contribution is 6.30. The molecule has 3 aromatic rings. The van der Waals surface area contributed by atoms with E-state index in [0.717, 1.165) is 30.0 Å². The van der Waals surface area contributed by atoms with E-state index in [1.165, 1.54) is 18.2 Å². The van der Waals surface area contributed by atoms with Crippen LogP contribution in [0.4, 0.5) is 10.2 Å².